The van der Waals surface area contributed by atoms with Gasteiger partial charge in [-0.2, -0.15) is 0 Å². The maximum Gasteiger partial charge on any atom is 0.341 e. The van der Waals surface area contributed by atoms with Crippen molar-refractivity contribution in [3.8, 4) is 0 Å². The normalized spacial score (nSPS) is 26.4. The fraction of sp³-hybridized carbons (Fsp3) is 0.684. The number of imidazole rings is 1. The van der Waals surface area contributed by atoms with Gasteiger partial charge in [0.2, 0.25) is 5.60 Å². The average molecular weight is 422 g/mol. The Hall–Kier alpha value is -2.34. The number of ether oxygens (including phenoxy) is 3. The second kappa shape index (κ2) is 9.65. The van der Waals surface area contributed by atoms with Gasteiger partial charge in [-0.1, -0.05) is 26.7 Å². The highest BCUT2D eigenvalue weighted by molar-refractivity contribution is 5.82. The number of nitrogens with two attached hydrogens (primary N) is 2. The number of rotatable bonds is 11. The van der Waals surface area contributed by atoms with Gasteiger partial charge in [-0.3, -0.25) is 4.57 Å². The van der Waals surface area contributed by atoms with Crippen molar-refractivity contribution in [3.63, 3.8) is 0 Å². The van der Waals surface area contributed by atoms with Crippen LogP contribution in [0.3, 0.4) is 0 Å². The van der Waals surface area contributed by atoms with Crippen LogP contribution in [-0.2, 0) is 19.0 Å². The lowest BCUT2D eigenvalue weighted by molar-refractivity contribution is -0.192. The second-order valence-corrected chi connectivity index (χ2v) is 7.41. The first kappa shape index (κ1) is 22.3. The Morgan fingerprint density at radius 1 is 1.27 bits per heavy atom. The van der Waals surface area contributed by atoms with Gasteiger partial charge in [-0.05, 0) is 12.8 Å². The third kappa shape index (κ3) is 4.10. The van der Waals surface area contributed by atoms with E-state index in [9.17, 15) is 9.90 Å². The van der Waals surface area contributed by atoms with Gasteiger partial charge in [-0.25, -0.2) is 19.7 Å². The van der Waals surface area contributed by atoms with Crippen LogP contribution in [0.5, 0.6) is 0 Å². The molecule has 11 nitrogen and oxygen atoms in total. The maximum atomic E-state index is 12.4. The Balaban J connectivity index is 1.95. The first-order valence-corrected chi connectivity index (χ1v) is 10.2. The predicted octanol–water partition coefficient (Wildman–Crippen LogP) is 1.09. The van der Waals surface area contributed by atoms with Crippen LogP contribution in [0.25, 0.3) is 11.2 Å². The molecule has 0 radical (unpaired) electrons. The van der Waals surface area contributed by atoms with Crippen LogP contribution in [0, 0.1) is 0 Å². The number of anilines is 1. The molecule has 0 amide bonds. The molecule has 1 aliphatic rings. The zero-order valence-corrected chi connectivity index (χ0v) is 17.4. The van der Waals surface area contributed by atoms with Crippen LogP contribution in [0.2, 0.25) is 0 Å². The summed E-state index contributed by atoms with van der Waals surface area (Å²) in [5, 5.41) is 10.1. The van der Waals surface area contributed by atoms with E-state index in [1.54, 1.807) is 4.57 Å². The van der Waals surface area contributed by atoms with Crippen molar-refractivity contribution in [2.24, 2.45) is 5.73 Å². The van der Waals surface area contributed by atoms with Crippen molar-refractivity contribution in [1.82, 2.24) is 19.5 Å². The Morgan fingerprint density at radius 2 is 2.00 bits per heavy atom. The number of unbranched alkanes of at least 4 members (excludes halogenated alkanes) is 2. The molecule has 1 aliphatic heterocycles. The number of nitrogens with zero attached hydrogens (tertiary/aromatic N) is 4. The van der Waals surface area contributed by atoms with Crippen LogP contribution in [-0.4, -0.2) is 68.2 Å². The quantitative estimate of drug-likeness (QED) is 0.447. The van der Waals surface area contributed by atoms with Crippen LogP contribution in [0.15, 0.2) is 12.7 Å². The van der Waals surface area contributed by atoms with Crippen molar-refractivity contribution in [2.75, 3.05) is 25.6 Å². The lowest BCUT2D eigenvalue weighted by atomic mass is 9.94. The molecule has 3 rings (SSSR count). The summed E-state index contributed by atoms with van der Waals surface area (Å²) in [5.41, 5.74) is 11.4. The Bertz CT molecular complexity index is 861. The van der Waals surface area contributed by atoms with Gasteiger partial charge in [0, 0.05) is 13.2 Å². The SMILES string of the molecule is CCCCOC[C@@]1(C(=O)O)O[C@@H](n2cnc3c(N)ncnc32)C(N)C1OCCCC. The van der Waals surface area contributed by atoms with E-state index in [0.29, 0.717) is 24.4 Å². The molecule has 4 atom stereocenters. The number of carbonyl (C=O) groups is 1. The summed E-state index contributed by atoms with van der Waals surface area (Å²) in [5.74, 6) is -0.967. The van der Waals surface area contributed by atoms with Gasteiger partial charge in [0.25, 0.3) is 0 Å². The van der Waals surface area contributed by atoms with E-state index in [0.717, 1.165) is 25.7 Å². The Morgan fingerprint density at radius 3 is 2.70 bits per heavy atom. The van der Waals surface area contributed by atoms with Crippen molar-refractivity contribution in [1.29, 1.82) is 0 Å². The van der Waals surface area contributed by atoms with E-state index in [2.05, 4.69) is 15.0 Å². The van der Waals surface area contributed by atoms with Gasteiger partial charge < -0.3 is 30.8 Å². The van der Waals surface area contributed by atoms with E-state index in [1.807, 2.05) is 13.8 Å². The topological polar surface area (TPSA) is 161 Å². The number of carboxylic acids is 1. The molecule has 2 unspecified atom stereocenters. The third-order valence-electron chi connectivity index (χ3n) is 5.25. The zero-order valence-electron chi connectivity index (χ0n) is 17.4. The molecule has 3 heterocycles. The molecule has 2 aromatic heterocycles. The standard InChI is InChI=1S/C19H30N6O5/c1-3-5-7-28-9-19(18(26)27)14(29-8-6-4-2)12(20)17(30-19)25-11-24-13-15(21)22-10-23-16(13)25/h10-12,14,17H,3-9,20H2,1-2H3,(H,26,27)(H2,21,22,23)/t12?,14?,17-,19-/m1/s1. The smallest absolute Gasteiger partial charge is 0.341 e. The molecular formula is C19H30N6O5. The zero-order chi connectivity index (χ0) is 21.7. The summed E-state index contributed by atoms with van der Waals surface area (Å²) < 4.78 is 19.3. The van der Waals surface area contributed by atoms with Crippen molar-refractivity contribution < 1.29 is 24.1 Å². The van der Waals surface area contributed by atoms with Crippen molar-refractivity contribution >= 4 is 23.0 Å². The largest absolute Gasteiger partial charge is 0.479 e. The second-order valence-electron chi connectivity index (χ2n) is 7.41. The summed E-state index contributed by atoms with van der Waals surface area (Å²) in [7, 11) is 0. The molecule has 0 spiro atoms. The fourth-order valence-electron chi connectivity index (χ4n) is 3.54. The average Bonchev–Trinajstić information content (AvgIpc) is 3.27. The number of nitrogen functional groups attached to an aromatic ring is 1. The van der Waals surface area contributed by atoms with Crippen LogP contribution in [0.1, 0.15) is 45.8 Å². The van der Waals surface area contributed by atoms with E-state index >= 15 is 0 Å². The maximum absolute atomic E-state index is 12.4. The first-order chi connectivity index (χ1) is 14.5. The van der Waals surface area contributed by atoms with E-state index in [4.69, 9.17) is 25.7 Å². The van der Waals surface area contributed by atoms with Gasteiger partial charge in [-0.15, -0.1) is 0 Å². The molecule has 0 aliphatic carbocycles. The molecule has 30 heavy (non-hydrogen) atoms. The molecule has 0 aromatic carbocycles. The third-order valence-corrected chi connectivity index (χ3v) is 5.25. The fourth-order valence-corrected chi connectivity index (χ4v) is 3.54. The molecule has 0 saturated carbocycles. The first-order valence-electron chi connectivity index (χ1n) is 10.2. The van der Waals surface area contributed by atoms with Crippen LogP contribution in [0.4, 0.5) is 5.82 Å². The van der Waals surface area contributed by atoms with Crippen molar-refractivity contribution in [3.05, 3.63) is 12.7 Å². The van der Waals surface area contributed by atoms with E-state index < -0.39 is 29.9 Å². The molecule has 166 valence electrons. The lowest BCUT2D eigenvalue weighted by Crippen LogP contribution is -2.56. The summed E-state index contributed by atoms with van der Waals surface area (Å²) in [6.45, 7) is 4.68. The summed E-state index contributed by atoms with van der Waals surface area (Å²) in [6, 6.07) is -0.790. The van der Waals surface area contributed by atoms with Crippen LogP contribution < -0.4 is 11.5 Å². The van der Waals surface area contributed by atoms with Gasteiger partial charge in [0.15, 0.2) is 17.7 Å². The molecular weight excluding hydrogens is 392 g/mol. The highest BCUT2D eigenvalue weighted by Crippen LogP contribution is 2.40. The lowest BCUT2D eigenvalue weighted by Gasteiger charge is -2.30. The molecule has 11 heteroatoms. The number of aromatic nitrogens is 4. The van der Waals surface area contributed by atoms with Gasteiger partial charge in [0.05, 0.1) is 19.0 Å². The number of hydrogen-bond donors (Lipinski definition) is 3. The Labute approximate surface area is 174 Å². The van der Waals surface area contributed by atoms with Gasteiger partial charge >= 0.3 is 5.97 Å². The van der Waals surface area contributed by atoms with E-state index in [1.165, 1.54) is 12.7 Å². The number of aliphatic carboxylic acids is 1. The van der Waals surface area contributed by atoms with Crippen molar-refractivity contribution in [2.45, 2.75) is 63.5 Å². The minimum absolute atomic E-state index is 0.174. The van der Waals surface area contributed by atoms with Crippen LogP contribution >= 0.6 is 0 Å². The molecule has 2 aromatic rings. The van der Waals surface area contributed by atoms with E-state index in [-0.39, 0.29) is 12.4 Å². The monoisotopic (exact) mass is 422 g/mol. The minimum Gasteiger partial charge on any atom is -0.479 e. The predicted molar refractivity (Wildman–Crippen MR) is 109 cm³/mol. The number of fused-ring (bicyclic) bond motifs is 1. The molecule has 0 bridgehead atoms. The summed E-state index contributed by atoms with van der Waals surface area (Å²) in [4.78, 5) is 24.8. The Kier molecular flexibility index (Phi) is 7.19. The summed E-state index contributed by atoms with van der Waals surface area (Å²) in [6.07, 6.45) is 4.42. The summed E-state index contributed by atoms with van der Waals surface area (Å²) >= 11 is 0. The minimum atomic E-state index is -1.75. The molecule has 5 N–H and O–H groups in total. The molecule has 1 saturated heterocycles. The highest BCUT2D eigenvalue weighted by atomic mass is 16.6. The van der Waals surface area contributed by atoms with Gasteiger partial charge in [0.1, 0.15) is 17.9 Å². The number of hydrogen-bond acceptors (Lipinski definition) is 9. The molecule has 1 fully saturated rings. The number of carboxylic acid groups (broad SMARTS) is 1. The highest BCUT2D eigenvalue weighted by Gasteiger charge is 2.61.